The first-order valence-electron chi connectivity index (χ1n) is 12.4. The summed E-state index contributed by atoms with van der Waals surface area (Å²) >= 11 is 6.78. The number of halogens is 2. The van der Waals surface area contributed by atoms with Crippen molar-refractivity contribution in [3.63, 3.8) is 0 Å². The van der Waals surface area contributed by atoms with Crippen molar-refractivity contribution in [3.8, 4) is 0 Å². The lowest BCUT2D eigenvalue weighted by Crippen LogP contribution is -3.00. The van der Waals surface area contributed by atoms with Crippen molar-refractivity contribution in [1.29, 1.82) is 0 Å². The van der Waals surface area contributed by atoms with E-state index in [2.05, 4.69) is 36.4 Å². The molecule has 0 saturated heterocycles. The van der Waals surface area contributed by atoms with Crippen LogP contribution in [0.1, 0.15) is 81.4 Å². The van der Waals surface area contributed by atoms with Gasteiger partial charge in [0.25, 0.3) is 12.1 Å². The van der Waals surface area contributed by atoms with E-state index in [1.165, 1.54) is 12.8 Å². The van der Waals surface area contributed by atoms with Crippen LogP contribution in [0.5, 0.6) is 0 Å². The first kappa shape index (κ1) is 27.6. The fourth-order valence-corrected chi connectivity index (χ4v) is 5.56. The lowest BCUT2D eigenvalue weighted by Gasteiger charge is -2.37. The lowest BCUT2D eigenvalue weighted by atomic mass is 9.71. The van der Waals surface area contributed by atoms with Crippen molar-refractivity contribution in [2.45, 2.75) is 85.2 Å². The van der Waals surface area contributed by atoms with Crippen molar-refractivity contribution in [2.75, 3.05) is 10.6 Å². The second-order valence-electron chi connectivity index (χ2n) is 10.7. The summed E-state index contributed by atoms with van der Waals surface area (Å²) in [5.74, 6) is 1.49. The maximum Gasteiger partial charge on any atom is 0.289 e. The second kappa shape index (κ2) is 11.4. The van der Waals surface area contributed by atoms with E-state index in [0.29, 0.717) is 47.1 Å². The summed E-state index contributed by atoms with van der Waals surface area (Å²) < 4.78 is 1.85. The fourth-order valence-electron chi connectivity index (χ4n) is 5.21. The first-order valence-corrected chi connectivity index (χ1v) is 12.8. The minimum Gasteiger partial charge on any atom is -1.00 e. The number of benzene rings is 1. The number of hydrogen-bond donors (Lipinski definition) is 2. The van der Waals surface area contributed by atoms with Crippen LogP contribution in [0, 0.1) is 11.3 Å². The van der Waals surface area contributed by atoms with E-state index in [0.717, 1.165) is 35.7 Å². The number of rotatable bonds is 6. The molecule has 1 fully saturated rings. The van der Waals surface area contributed by atoms with E-state index < -0.39 is 0 Å². The molecular formula is C27H36BrClN4O2. The lowest BCUT2D eigenvalue weighted by molar-refractivity contribution is -0.693. The summed E-state index contributed by atoms with van der Waals surface area (Å²) in [6, 6.07) is 5.86. The van der Waals surface area contributed by atoms with Gasteiger partial charge in [-0.15, -0.1) is 0 Å². The van der Waals surface area contributed by atoms with Gasteiger partial charge in [0.2, 0.25) is 11.7 Å². The van der Waals surface area contributed by atoms with Crippen molar-refractivity contribution >= 4 is 34.8 Å². The monoisotopic (exact) mass is 562 g/mol. The number of nitrogens with one attached hydrogen (secondary N) is 2. The third-order valence-electron chi connectivity index (χ3n) is 7.40. The van der Waals surface area contributed by atoms with Crippen molar-refractivity contribution < 1.29 is 31.1 Å². The Hall–Kier alpha value is -1.99. The Bertz CT molecular complexity index is 1090. The Morgan fingerprint density at radius 3 is 2.57 bits per heavy atom. The maximum absolute atomic E-state index is 13.1. The Kier molecular flexibility index (Phi) is 8.97. The molecule has 1 aliphatic heterocycles. The van der Waals surface area contributed by atoms with Gasteiger partial charge in [0.15, 0.2) is 11.6 Å². The van der Waals surface area contributed by atoms with Gasteiger partial charge < -0.3 is 27.6 Å². The Morgan fingerprint density at radius 2 is 1.91 bits per heavy atom. The van der Waals surface area contributed by atoms with Crippen LogP contribution in [0.3, 0.4) is 0 Å². The molecule has 0 unspecified atom stereocenters. The van der Waals surface area contributed by atoms with Gasteiger partial charge >= 0.3 is 0 Å². The van der Waals surface area contributed by atoms with E-state index in [1.54, 1.807) is 12.4 Å². The van der Waals surface area contributed by atoms with Crippen LogP contribution < -0.4 is 32.2 Å². The number of hydrogen-bond acceptors (Lipinski definition) is 4. The molecule has 4 rings (SSSR count). The van der Waals surface area contributed by atoms with Gasteiger partial charge in [-0.2, -0.15) is 0 Å². The number of carbonyl (C=O) groups excluding carboxylic acids is 2. The summed E-state index contributed by atoms with van der Waals surface area (Å²) in [5, 5.41) is 7.03. The zero-order valence-electron chi connectivity index (χ0n) is 21.1. The van der Waals surface area contributed by atoms with Crippen molar-refractivity contribution in [2.24, 2.45) is 11.3 Å². The quantitative estimate of drug-likeness (QED) is 0.418. The van der Waals surface area contributed by atoms with Crippen LogP contribution in [-0.4, -0.2) is 22.7 Å². The van der Waals surface area contributed by atoms with Gasteiger partial charge in [-0.05, 0) is 72.2 Å². The third-order valence-corrected chi connectivity index (χ3v) is 7.80. The predicted molar refractivity (Wildman–Crippen MR) is 135 cm³/mol. The first-order chi connectivity index (χ1) is 16.2. The third kappa shape index (κ3) is 6.42. The van der Waals surface area contributed by atoms with Crippen LogP contribution in [0.25, 0.3) is 0 Å². The molecule has 0 bridgehead atoms. The molecule has 35 heavy (non-hydrogen) atoms. The number of carbonyl (C=O) groups is 2. The molecule has 8 heteroatoms. The molecule has 1 aromatic carbocycles. The summed E-state index contributed by atoms with van der Waals surface area (Å²) in [4.78, 5) is 29.2. The highest BCUT2D eigenvalue weighted by Crippen LogP contribution is 2.38. The van der Waals surface area contributed by atoms with E-state index in [-0.39, 0.29) is 35.2 Å². The topological polar surface area (TPSA) is 75.0 Å². The molecular weight excluding hydrogens is 528 g/mol. The number of aromatic nitrogens is 2. The normalized spacial score (nSPS) is 19.9. The van der Waals surface area contributed by atoms with E-state index >= 15 is 0 Å². The van der Waals surface area contributed by atoms with Gasteiger partial charge in [0.1, 0.15) is 5.69 Å². The van der Waals surface area contributed by atoms with Crippen LogP contribution in [-0.2, 0) is 24.2 Å². The van der Waals surface area contributed by atoms with Crippen LogP contribution in [0.15, 0.2) is 24.5 Å². The standard InChI is InChI=1S/C27H35ClN4O2.BrH/c1-5-22-25(28)26(30-20-10-8-19(9-11-20)27(2,3)4)29-16-32(22)15-23(33)18-6-12-21-17(14-18)7-13-24(34)31-21;/h6,12,14,16,19-20H,5,7-11,13,15H2,1-4H3,(H,31,33,34);1H. The van der Waals surface area contributed by atoms with Crippen LogP contribution in [0.2, 0.25) is 5.02 Å². The number of aryl methyl sites for hydroxylation is 1. The van der Waals surface area contributed by atoms with Gasteiger partial charge in [0.05, 0.1) is 0 Å². The number of Topliss-reactive ketones (excluding diaryl/α,β-unsaturated/α-hetero) is 1. The summed E-state index contributed by atoms with van der Waals surface area (Å²) in [6.07, 6.45) is 8.20. The number of amides is 1. The molecule has 6 nitrogen and oxygen atoms in total. The smallest absolute Gasteiger partial charge is 0.289 e. The Labute approximate surface area is 224 Å². The largest absolute Gasteiger partial charge is 1.00 e. The highest BCUT2D eigenvalue weighted by atomic mass is 79.9. The molecule has 2 aromatic rings. The molecule has 1 aromatic heterocycles. The molecule has 2 N–H and O–H groups in total. The molecule has 2 heterocycles. The minimum atomic E-state index is -0.00141. The van der Waals surface area contributed by atoms with Gasteiger partial charge in [-0.1, -0.05) is 39.3 Å². The molecule has 1 amide bonds. The zero-order valence-corrected chi connectivity index (χ0v) is 23.4. The van der Waals surface area contributed by atoms with Gasteiger partial charge in [-0.25, -0.2) is 4.57 Å². The zero-order chi connectivity index (χ0) is 24.5. The van der Waals surface area contributed by atoms with E-state index in [1.807, 2.05) is 23.6 Å². The summed E-state index contributed by atoms with van der Waals surface area (Å²) in [5.41, 5.74) is 3.70. The predicted octanol–water partition coefficient (Wildman–Crippen LogP) is 2.37. The summed E-state index contributed by atoms with van der Waals surface area (Å²) in [6.45, 7) is 9.21. The maximum atomic E-state index is 13.1. The molecule has 1 saturated carbocycles. The number of ketones is 1. The summed E-state index contributed by atoms with van der Waals surface area (Å²) in [7, 11) is 0. The number of nitrogens with zero attached hydrogens (tertiary/aromatic N) is 2. The molecule has 0 radical (unpaired) electrons. The highest BCUT2D eigenvalue weighted by molar-refractivity contribution is 6.33. The minimum absolute atomic E-state index is 0. The Morgan fingerprint density at radius 1 is 1.20 bits per heavy atom. The molecule has 0 spiro atoms. The van der Waals surface area contributed by atoms with E-state index in [9.17, 15) is 9.59 Å². The van der Waals surface area contributed by atoms with Crippen LogP contribution >= 0.6 is 11.6 Å². The van der Waals surface area contributed by atoms with Gasteiger partial charge in [0, 0.05) is 30.1 Å². The average Bonchev–Trinajstić information content (AvgIpc) is 2.80. The molecule has 1 aliphatic carbocycles. The van der Waals surface area contributed by atoms with E-state index in [4.69, 9.17) is 11.6 Å². The SMILES string of the molecule is CCc1c(Cl)c(NC2CCC(C(C)(C)C)CC2)nc[n+]1CC(=O)c1ccc2c(c1)CCC(=O)N2.[Br-]. The molecule has 2 aliphatic rings. The van der Waals surface area contributed by atoms with Crippen molar-refractivity contribution in [1.82, 2.24) is 4.98 Å². The highest BCUT2D eigenvalue weighted by Gasteiger charge is 2.31. The molecule has 0 atom stereocenters. The molecule has 190 valence electrons. The number of fused-ring (bicyclic) bond motifs is 1. The number of anilines is 2. The fraction of sp³-hybridized carbons (Fsp3) is 0.556. The van der Waals surface area contributed by atoms with Gasteiger partial charge in [-0.3, -0.25) is 9.59 Å². The van der Waals surface area contributed by atoms with Crippen LogP contribution in [0.4, 0.5) is 11.5 Å². The average molecular weight is 564 g/mol. The van der Waals surface area contributed by atoms with Crippen molar-refractivity contribution in [3.05, 3.63) is 46.4 Å². The Balaban J connectivity index is 0.00000342. The second-order valence-corrected chi connectivity index (χ2v) is 11.1.